The van der Waals surface area contributed by atoms with Gasteiger partial charge >= 0.3 is 5.97 Å². The molecule has 0 radical (unpaired) electrons. The van der Waals surface area contributed by atoms with E-state index in [9.17, 15) is 19.3 Å². The predicted octanol–water partition coefficient (Wildman–Crippen LogP) is 1.05. The molecule has 1 amide bonds. The molecule has 1 aromatic carbocycles. The van der Waals surface area contributed by atoms with E-state index in [1.54, 1.807) is 12.1 Å². The molecule has 0 bridgehead atoms. The summed E-state index contributed by atoms with van der Waals surface area (Å²) in [5.41, 5.74) is 0.444. The number of carbonyl (C=O) groups excluding carboxylic acids is 2. The van der Waals surface area contributed by atoms with Gasteiger partial charge in [0.15, 0.2) is 12.3 Å². The van der Waals surface area contributed by atoms with Crippen LogP contribution in [-0.2, 0) is 14.4 Å². The van der Waals surface area contributed by atoms with Crippen LogP contribution in [0, 0.1) is 4.91 Å². The second kappa shape index (κ2) is 8.50. The van der Waals surface area contributed by atoms with Gasteiger partial charge in [-0.1, -0.05) is 17.3 Å². The van der Waals surface area contributed by atoms with E-state index < -0.39 is 24.0 Å². The first-order valence-corrected chi connectivity index (χ1v) is 6.48. The van der Waals surface area contributed by atoms with Crippen LogP contribution < -0.4 is 10.1 Å². The zero-order valence-corrected chi connectivity index (χ0v) is 11.9. The monoisotopic (exact) mass is 308 g/mol. The van der Waals surface area contributed by atoms with Crippen LogP contribution >= 0.6 is 0 Å². The molecule has 0 aliphatic rings. The zero-order valence-electron chi connectivity index (χ0n) is 11.9. The number of nitrogens with one attached hydrogen (secondary N) is 1. The van der Waals surface area contributed by atoms with Gasteiger partial charge in [-0.15, -0.1) is 4.91 Å². The molecule has 0 aromatic heterocycles. The van der Waals surface area contributed by atoms with E-state index in [0.29, 0.717) is 17.6 Å². The second-order valence-corrected chi connectivity index (χ2v) is 4.48. The van der Waals surface area contributed by atoms with E-state index in [1.165, 1.54) is 19.1 Å². The Bertz CT molecular complexity index is 535. The van der Waals surface area contributed by atoms with Crippen LogP contribution in [0.4, 0.5) is 0 Å². The number of hydrogen-bond acceptors (Lipinski definition) is 6. The maximum atomic E-state index is 10.9. The fraction of sp³-hybridized carbons (Fsp3) is 0.357. The van der Waals surface area contributed by atoms with Crippen LogP contribution in [0.15, 0.2) is 29.4 Å². The van der Waals surface area contributed by atoms with Gasteiger partial charge in [-0.25, -0.2) is 4.79 Å². The number of aldehydes is 1. The van der Waals surface area contributed by atoms with Gasteiger partial charge in [0.25, 0.3) is 0 Å². The van der Waals surface area contributed by atoms with Crippen molar-refractivity contribution in [3.8, 4) is 5.75 Å². The molecule has 0 heterocycles. The van der Waals surface area contributed by atoms with Gasteiger partial charge in [0.2, 0.25) is 5.91 Å². The Morgan fingerprint density at radius 1 is 1.36 bits per heavy atom. The number of nitroso groups, excluding NO2 is 1. The quantitative estimate of drug-likeness (QED) is 0.519. The van der Waals surface area contributed by atoms with Crippen molar-refractivity contribution in [1.82, 2.24) is 5.32 Å². The van der Waals surface area contributed by atoms with Crippen LogP contribution in [-0.4, -0.2) is 35.9 Å². The lowest BCUT2D eigenvalue weighted by Gasteiger charge is -2.14. The van der Waals surface area contributed by atoms with Crippen molar-refractivity contribution in [3.63, 3.8) is 0 Å². The molecular formula is C14H16N2O6. The summed E-state index contributed by atoms with van der Waals surface area (Å²) in [6.45, 7) is 1.32. The first kappa shape index (κ1) is 17.3. The molecule has 2 atom stereocenters. The zero-order chi connectivity index (χ0) is 16.5. The normalized spacial score (nSPS) is 12.8. The van der Waals surface area contributed by atoms with Crippen LogP contribution in [0.3, 0.4) is 0 Å². The number of amides is 1. The number of carboxylic acids is 1. The molecule has 0 fully saturated rings. The minimum Gasteiger partial charge on any atom is -0.494 e. The number of hydrogen-bond donors (Lipinski definition) is 2. The first-order valence-electron chi connectivity index (χ1n) is 6.48. The summed E-state index contributed by atoms with van der Waals surface area (Å²) in [5, 5.41) is 13.9. The average Bonchev–Trinajstić information content (AvgIpc) is 2.48. The van der Waals surface area contributed by atoms with E-state index in [2.05, 4.69) is 10.5 Å². The Morgan fingerprint density at radius 2 is 2.00 bits per heavy atom. The lowest BCUT2D eigenvalue weighted by Crippen LogP contribution is -2.40. The summed E-state index contributed by atoms with van der Waals surface area (Å²) >= 11 is 0. The van der Waals surface area contributed by atoms with Crippen LogP contribution in [0.2, 0.25) is 0 Å². The van der Waals surface area contributed by atoms with Crippen molar-refractivity contribution in [3.05, 3.63) is 34.7 Å². The number of aliphatic carboxylic acids is 1. The van der Waals surface area contributed by atoms with Crippen LogP contribution in [0.1, 0.15) is 24.9 Å². The number of carbonyl (C=O) groups is 3. The highest BCUT2D eigenvalue weighted by Gasteiger charge is 2.18. The maximum Gasteiger partial charge on any atom is 0.326 e. The van der Waals surface area contributed by atoms with Gasteiger partial charge in [0, 0.05) is 13.3 Å². The molecule has 1 rings (SSSR count). The van der Waals surface area contributed by atoms with Crippen molar-refractivity contribution in [1.29, 1.82) is 0 Å². The van der Waals surface area contributed by atoms with Gasteiger partial charge in [-0.3, -0.25) is 4.79 Å². The maximum absolute atomic E-state index is 10.9. The molecule has 0 aliphatic heterocycles. The van der Waals surface area contributed by atoms with E-state index >= 15 is 0 Å². The minimum absolute atomic E-state index is 0.0830. The van der Waals surface area contributed by atoms with Gasteiger partial charge in [0.05, 0.1) is 6.61 Å². The highest BCUT2D eigenvalue weighted by atomic mass is 16.5. The average molecular weight is 308 g/mol. The van der Waals surface area contributed by atoms with Crippen molar-refractivity contribution in [2.24, 2.45) is 5.18 Å². The number of benzene rings is 1. The standard InChI is InChI=1S/C14H16N2O6/c1-9(18)15-12(14(19)20)6-7-22-11-4-2-10(3-5-11)13(8-17)16-21/h2-5,8,12-13H,6-7H2,1H3,(H,15,18)(H,19,20). The lowest BCUT2D eigenvalue weighted by atomic mass is 10.1. The van der Waals surface area contributed by atoms with Crippen molar-refractivity contribution >= 4 is 18.2 Å². The molecule has 0 saturated carbocycles. The Morgan fingerprint density at radius 3 is 2.45 bits per heavy atom. The summed E-state index contributed by atoms with van der Waals surface area (Å²) in [6, 6.07) is 4.08. The number of rotatable bonds is 9. The summed E-state index contributed by atoms with van der Waals surface area (Å²) in [4.78, 5) is 42.8. The third-order valence-electron chi connectivity index (χ3n) is 2.81. The third kappa shape index (κ3) is 5.31. The van der Waals surface area contributed by atoms with Gasteiger partial charge < -0.3 is 20.0 Å². The van der Waals surface area contributed by atoms with Crippen LogP contribution in [0.25, 0.3) is 0 Å². The Kier molecular flexibility index (Phi) is 6.68. The van der Waals surface area contributed by atoms with Gasteiger partial charge in [-0.05, 0) is 17.7 Å². The molecule has 8 nitrogen and oxygen atoms in total. The minimum atomic E-state index is -1.14. The van der Waals surface area contributed by atoms with Crippen LogP contribution in [0.5, 0.6) is 5.75 Å². The Balaban J connectivity index is 2.54. The summed E-state index contributed by atoms with van der Waals surface area (Å²) in [6.07, 6.45) is 0.539. The number of nitrogens with zero attached hydrogens (tertiary/aromatic N) is 1. The van der Waals surface area contributed by atoms with E-state index in [-0.39, 0.29) is 13.0 Å². The fourth-order valence-corrected chi connectivity index (χ4v) is 1.72. The molecule has 0 saturated heterocycles. The molecular weight excluding hydrogens is 292 g/mol. The molecule has 2 N–H and O–H groups in total. The van der Waals surface area contributed by atoms with E-state index in [1.807, 2.05) is 0 Å². The SMILES string of the molecule is CC(=O)NC(CCOc1ccc(C(C=O)N=O)cc1)C(=O)O. The molecule has 0 aliphatic carbocycles. The Labute approximate surface area is 126 Å². The Hall–Kier alpha value is -2.77. The largest absolute Gasteiger partial charge is 0.494 e. The summed E-state index contributed by atoms with van der Waals surface area (Å²) in [5.74, 6) is -1.12. The lowest BCUT2D eigenvalue weighted by molar-refractivity contribution is -0.141. The molecule has 0 spiro atoms. The van der Waals surface area contributed by atoms with Crippen molar-refractivity contribution in [2.75, 3.05) is 6.61 Å². The first-order chi connectivity index (χ1) is 10.5. The van der Waals surface area contributed by atoms with Gasteiger partial charge in [0.1, 0.15) is 11.8 Å². The van der Waals surface area contributed by atoms with Crippen molar-refractivity contribution in [2.45, 2.75) is 25.4 Å². The molecule has 22 heavy (non-hydrogen) atoms. The molecule has 2 unspecified atom stereocenters. The fourth-order valence-electron chi connectivity index (χ4n) is 1.72. The number of carboxylic acid groups (broad SMARTS) is 1. The predicted molar refractivity (Wildman–Crippen MR) is 76.4 cm³/mol. The third-order valence-corrected chi connectivity index (χ3v) is 2.81. The van der Waals surface area contributed by atoms with E-state index in [0.717, 1.165) is 0 Å². The van der Waals surface area contributed by atoms with Crippen molar-refractivity contribution < 1.29 is 24.2 Å². The molecule has 8 heteroatoms. The summed E-state index contributed by atoms with van der Waals surface area (Å²) < 4.78 is 5.36. The molecule has 1 aromatic rings. The van der Waals surface area contributed by atoms with E-state index in [4.69, 9.17) is 9.84 Å². The smallest absolute Gasteiger partial charge is 0.326 e. The summed E-state index contributed by atoms with van der Waals surface area (Å²) in [7, 11) is 0. The van der Waals surface area contributed by atoms with Gasteiger partial charge in [-0.2, -0.15) is 0 Å². The highest BCUT2D eigenvalue weighted by molar-refractivity contribution is 5.81. The highest BCUT2D eigenvalue weighted by Crippen LogP contribution is 2.19. The molecule has 118 valence electrons. The second-order valence-electron chi connectivity index (χ2n) is 4.48. The topological polar surface area (TPSA) is 122 Å². The number of ether oxygens (including phenoxy) is 1.